The van der Waals surface area contributed by atoms with Crippen molar-refractivity contribution in [1.29, 1.82) is 0 Å². The summed E-state index contributed by atoms with van der Waals surface area (Å²) in [7, 11) is 0. The molecule has 1 N–H and O–H groups in total. The van der Waals surface area contributed by atoms with Crippen molar-refractivity contribution < 1.29 is 19.1 Å². The number of rotatable bonds is 2. The Morgan fingerprint density at radius 3 is 2.38 bits per heavy atom. The van der Waals surface area contributed by atoms with E-state index in [0.717, 1.165) is 49.6 Å². The van der Waals surface area contributed by atoms with Gasteiger partial charge in [0.2, 0.25) is 0 Å². The number of ether oxygens (including phenoxy) is 2. The van der Waals surface area contributed by atoms with E-state index in [9.17, 15) is 9.59 Å². The largest absolute Gasteiger partial charge is 0.399 e. The minimum absolute atomic E-state index is 0.195. The van der Waals surface area contributed by atoms with Crippen LogP contribution in [0.2, 0.25) is 0 Å². The minimum atomic E-state index is -1.51. The summed E-state index contributed by atoms with van der Waals surface area (Å²) in [4.78, 5) is 32.6. The van der Waals surface area contributed by atoms with Crippen LogP contribution in [0.3, 0.4) is 0 Å². The number of hydrogen-bond acceptors (Lipinski definition) is 8. The van der Waals surface area contributed by atoms with Gasteiger partial charge in [-0.1, -0.05) is 0 Å². The molecule has 0 bridgehead atoms. The molecule has 138 valence electrons. The van der Waals surface area contributed by atoms with Crippen molar-refractivity contribution in [1.82, 2.24) is 10.3 Å². The monoisotopic (exact) mass is 358 g/mol. The van der Waals surface area contributed by atoms with Crippen LogP contribution in [0.25, 0.3) is 0 Å². The van der Waals surface area contributed by atoms with E-state index in [1.54, 1.807) is 6.20 Å². The molecule has 8 heteroatoms. The maximum atomic E-state index is 12.0. The van der Waals surface area contributed by atoms with Crippen molar-refractivity contribution >= 4 is 23.3 Å². The standard InChI is InChI=1S/C18H22N4O4/c23-16-4-5-17(24)26-18(25-16)13-19-6-3-9-22(18)15-10-14(11-20-12-15)21-7-1-2-8-21/h4-5,10-12,19H,1-3,6-9,13H2. The second kappa shape index (κ2) is 6.95. The van der Waals surface area contributed by atoms with Gasteiger partial charge in [-0.05, 0) is 31.9 Å². The molecule has 3 aliphatic heterocycles. The highest BCUT2D eigenvalue weighted by molar-refractivity contribution is 5.93. The van der Waals surface area contributed by atoms with Crippen molar-refractivity contribution in [2.75, 3.05) is 42.5 Å². The quantitative estimate of drug-likeness (QED) is 0.777. The number of nitrogens with one attached hydrogen (secondary N) is 1. The molecule has 26 heavy (non-hydrogen) atoms. The number of carbonyl (C=O) groups is 2. The first kappa shape index (κ1) is 16.8. The molecule has 4 heterocycles. The third kappa shape index (κ3) is 3.24. The molecule has 1 spiro atoms. The summed E-state index contributed by atoms with van der Waals surface area (Å²) in [6, 6.07) is 2.02. The summed E-state index contributed by atoms with van der Waals surface area (Å²) in [6.07, 6.45) is 8.90. The second-order valence-corrected chi connectivity index (χ2v) is 6.67. The zero-order valence-corrected chi connectivity index (χ0v) is 14.5. The molecule has 2 saturated heterocycles. The maximum Gasteiger partial charge on any atom is 0.356 e. The van der Waals surface area contributed by atoms with Crippen LogP contribution < -0.4 is 15.1 Å². The van der Waals surface area contributed by atoms with Gasteiger partial charge in [0.05, 0.1) is 30.3 Å². The third-order valence-corrected chi connectivity index (χ3v) is 4.86. The van der Waals surface area contributed by atoms with Crippen LogP contribution in [0.15, 0.2) is 30.6 Å². The van der Waals surface area contributed by atoms with Crippen LogP contribution in [0.4, 0.5) is 11.4 Å². The lowest BCUT2D eigenvalue weighted by molar-refractivity contribution is -0.217. The van der Waals surface area contributed by atoms with Crippen LogP contribution in [0, 0.1) is 0 Å². The Bertz CT molecular complexity index is 710. The van der Waals surface area contributed by atoms with Crippen molar-refractivity contribution in [2.45, 2.75) is 25.2 Å². The number of carbonyl (C=O) groups excluding carboxylic acids is 2. The van der Waals surface area contributed by atoms with Gasteiger partial charge < -0.3 is 19.7 Å². The van der Waals surface area contributed by atoms with Gasteiger partial charge in [-0.3, -0.25) is 9.88 Å². The number of nitrogens with zero attached hydrogens (tertiary/aromatic N) is 3. The molecule has 4 rings (SSSR count). The van der Waals surface area contributed by atoms with E-state index < -0.39 is 17.8 Å². The molecule has 0 aliphatic carbocycles. The molecule has 1 aromatic heterocycles. The van der Waals surface area contributed by atoms with Crippen molar-refractivity contribution in [3.05, 3.63) is 30.6 Å². The Balaban J connectivity index is 1.70. The van der Waals surface area contributed by atoms with Gasteiger partial charge in [0.25, 0.3) is 0 Å². The normalized spacial score (nSPS) is 22.8. The van der Waals surface area contributed by atoms with Gasteiger partial charge in [0.15, 0.2) is 0 Å². The molecule has 0 aromatic carbocycles. The van der Waals surface area contributed by atoms with Crippen LogP contribution in [0.5, 0.6) is 0 Å². The summed E-state index contributed by atoms with van der Waals surface area (Å²) in [5, 5.41) is 3.19. The van der Waals surface area contributed by atoms with Gasteiger partial charge in [-0.25, -0.2) is 9.59 Å². The predicted octanol–water partition coefficient (Wildman–Crippen LogP) is 0.791. The first-order valence-electron chi connectivity index (χ1n) is 8.99. The van der Waals surface area contributed by atoms with Crippen molar-refractivity contribution in [3.63, 3.8) is 0 Å². The molecule has 0 atom stereocenters. The van der Waals surface area contributed by atoms with E-state index in [-0.39, 0.29) is 6.54 Å². The SMILES string of the molecule is O=C1C=CC(=O)OC2(CNCCCN2c2cncc(N3CCCC3)c2)O1. The molecule has 0 unspecified atom stereocenters. The molecular formula is C18H22N4O4. The third-order valence-electron chi connectivity index (χ3n) is 4.86. The number of pyridine rings is 1. The zero-order valence-electron chi connectivity index (χ0n) is 14.5. The highest BCUT2D eigenvalue weighted by Gasteiger charge is 2.47. The van der Waals surface area contributed by atoms with Crippen LogP contribution >= 0.6 is 0 Å². The lowest BCUT2D eigenvalue weighted by Crippen LogP contribution is -2.58. The van der Waals surface area contributed by atoms with E-state index in [2.05, 4.69) is 15.2 Å². The highest BCUT2D eigenvalue weighted by Crippen LogP contribution is 2.32. The molecular weight excluding hydrogens is 336 g/mol. The summed E-state index contributed by atoms with van der Waals surface area (Å²) in [5.74, 6) is -2.72. The Labute approximate surface area is 151 Å². The topological polar surface area (TPSA) is 84.0 Å². The first-order chi connectivity index (χ1) is 12.7. The lowest BCUT2D eigenvalue weighted by Gasteiger charge is -2.40. The molecule has 0 amide bonds. The van der Waals surface area contributed by atoms with E-state index in [1.165, 1.54) is 12.8 Å². The minimum Gasteiger partial charge on any atom is -0.399 e. The fourth-order valence-corrected chi connectivity index (χ4v) is 3.63. The van der Waals surface area contributed by atoms with Gasteiger partial charge in [-0.2, -0.15) is 0 Å². The smallest absolute Gasteiger partial charge is 0.356 e. The molecule has 2 fully saturated rings. The predicted molar refractivity (Wildman–Crippen MR) is 94.6 cm³/mol. The highest BCUT2D eigenvalue weighted by atomic mass is 16.8. The summed E-state index contributed by atoms with van der Waals surface area (Å²) in [6.45, 7) is 3.51. The first-order valence-corrected chi connectivity index (χ1v) is 8.99. The van der Waals surface area contributed by atoms with Gasteiger partial charge in [0, 0.05) is 31.8 Å². The Morgan fingerprint density at radius 2 is 1.65 bits per heavy atom. The summed E-state index contributed by atoms with van der Waals surface area (Å²) >= 11 is 0. The Morgan fingerprint density at radius 1 is 0.962 bits per heavy atom. The average Bonchev–Trinajstić information content (AvgIpc) is 3.05. The van der Waals surface area contributed by atoms with Crippen LogP contribution in [-0.4, -0.2) is 55.6 Å². The van der Waals surface area contributed by atoms with Gasteiger partial charge >= 0.3 is 17.8 Å². The maximum absolute atomic E-state index is 12.0. The fourth-order valence-electron chi connectivity index (χ4n) is 3.63. The van der Waals surface area contributed by atoms with Crippen LogP contribution in [-0.2, 0) is 19.1 Å². The number of hydrogen-bond donors (Lipinski definition) is 1. The Kier molecular flexibility index (Phi) is 4.50. The van der Waals surface area contributed by atoms with Crippen molar-refractivity contribution in [3.8, 4) is 0 Å². The van der Waals surface area contributed by atoms with Crippen LogP contribution in [0.1, 0.15) is 19.3 Å². The molecule has 0 radical (unpaired) electrons. The number of aromatic nitrogens is 1. The van der Waals surface area contributed by atoms with E-state index in [4.69, 9.17) is 9.47 Å². The molecule has 8 nitrogen and oxygen atoms in total. The zero-order chi connectivity index (χ0) is 18.0. The average molecular weight is 358 g/mol. The summed E-state index contributed by atoms with van der Waals surface area (Å²) in [5.41, 5.74) is 1.79. The fraction of sp³-hybridized carbons (Fsp3) is 0.500. The number of anilines is 2. The summed E-state index contributed by atoms with van der Waals surface area (Å²) < 4.78 is 11.2. The van der Waals surface area contributed by atoms with E-state index in [0.29, 0.717) is 6.54 Å². The van der Waals surface area contributed by atoms with Gasteiger partial charge in [0.1, 0.15) is 0 Å². The lowest BCUT2D eigenvalue weighted by atomic mass is 10.2. The molecule has 0 saturated carbocycles. The molecule has 3 aliphatic rings. The van der Waals surface area contributed by atoms with E-state index in [1.807, 2.05) is 17.2 Å². The number of esters is 2. The second-order valence-electron chi connectivity index (χ2n) is 6.67. The van der Waals surface area contributed by atoms with E-state index >= 15 is 0 Å². The molecule has 1 aromatic rings. The Hall–Kier alpha value is -2.61. The van der Waals surface area contributed by atoms with Crippen molar-refractivity contribution in [2.24, 2.45) is 0 Å². The van der Waals surface area contributed by atoms with Gasteiger partial charge in [-0.15, -0.1) is 0 Å².